The van der Waals surface area contributed by atoms with E-state index in [9.17, 15) is 4.79 Å². The second-order valence-corrected chi connectivity index (χ2v) is 5.49. The van der Waals surface area contributed by atoms with E-state index in [1.807, 2.05) is 0 Å². The molecule has 0 bridgehead atoms. The number of aryl methyl sites for hydroxylation is 1. The van der Waals surface area contributed by atoms with Crippen molar-refractivity contribution in [1.29, 1.82) is 0 Å². The minimum absolute atomic E-state index is 0.0721. The van der Waals surface area contributed by atoms with Crippen LogP contribution >= 0.6 is 0 Å². The maximum Gasteiger partial charge on any atom is 0.305 e. The summed E-state index contributed by atoms with van der Waals surface area (Å²) in [6.45, 7) is 5.31. The summed E-state index contributed by atoms with van der Waals surface area (Å²) in [6, 6.07) is 8.69. The Balaban J connectivity index is 1.79. The van der Waals surface area contributed by atoms with Crippen molar-refractivity contribution in [2.45, 2.75) is 32.7 Å². The molecule has 104 valence electrons. The minimum Gasteiger partial charge on any atom is -0.469 e. The van der Waals surface area contributed by atoms with Crippen molar-refractivity contribution in [2.24, 2.45) is 5.92 Å². The predicted molar refractivity (Wildman–Crippen MR) is 75.8 cm³/mol. The summed E-state index contributed by atoms with van der Waals surface area (Å²) in [5.41, 5.74) is 2.70. The minimum atomic E-state index is -0.0721. The smallest absolute Gasteiger partial charge is 0.305 e. The Morgan fingerprint density at radius 1 is 1.37 bits per heavy atom. The van der Waals surface area contributed by atoms with Gasteiger partial charge in [-0.2, -0.15) is 0 Å². The summed E-state index contributed by atoms with van der Waals surface area (Å²) < 4.78 is 4.74. The molecule has 1 saturated heterocycles. The van der Waals surface area contributed by atoms with E-state index in [0.717, 1.165) is 32.5 Å². The Hall–Kier alpha value is -1.35. The number of ether oxygens (including phenoxy) is 1. The highest BCUT2D eigenvalue weighted by atomic mass is 16.5. The first kappa shape index (κ1) is 14.1. The highest BCUT2D eigenvalue weighted by Gasteiger charge is 2.21. The van der Waals surface area contributed by atoms with Crippen molar-refractivity contribution in [3.63, 3.8) is 0 Å². The highest BCUT2D eigenvalue weighted by Crippen LogP contribution is 2.22. The van der Waals surface area contributed by atoms with Gasteiger partial charge in [0.2, 0.25) is 0 Å². The van der Waals surface area contributed by atoms with Gasteiger partial charge in [-0.3, -0.25) is 9.69 Å². The molecule has 1 aromatic carbocycles. The van der Waals surface area contributed by atoms with Crippen LogP contribution in [-0.4, -0.2) is 31.1 Å². The number of esters is 1. The third-order valence-electron chi connectivity index (χ3n) is 3.88. The van der Waals surface area contributed by atoms with E-state index in [-0.39, 0.29) is 5.97 Å². The molecule has 0 N–H and O–H groups in total. The lowest BCUT2D eigenvalue weighted by atomic mass is 9.93. The fourth-order valence-electron chi connectivity index (χ4n) is 2.74. The summed E-state index contributed by atoms with van der Waals surface area (Å²) in [6.07, 6.45) is 2.77. The van der Waals surface area contributed by atoms with Crippen LogP contribution in [0, 0.1) is 12.8 Å². The van der Waals surface area contributed by atoms with Crippen LogP contribution in [0.4, 0.5) is 0 Å². The van der Waals surface area contributed by atoms with Crippen molar-refractivity contribution in [3.05, 3.63) is 35.4 Å². The zero-order valence-electron chi connectivity index (χ0n) is 11.9. The quantitative estimate of drug-likeness (QED) is 0.781. The molecule has 3 nitrogen and oxygen atoms in total. The normalized spacial score (nSPS) is 17.4. The second kappa shape index (κ2) is 6.71. The summed E-state index contributed by atoms with van der Waals surface area (Å²) in [4.78, 5) is 13.7. The van der Waals surface area contributed by atoms with Gasteiger partial charge in [0, 0.05) is 13.0 Å². The molecule has 1 heterocycles. The molecule has 19 heavy (non-hydrogen) atoms. The molecule has 0 unspecified atom stereocenters. The van der Waals surface area contributed by atoms with E-state index in [1.165, 1.54) is 18.2 Å². The van der Waals surface area contributed by atoms with Crippen LogP contribution in [0.3, 0.4) is 0 Å². The molecule has 0 amide bonds. The van der Waals surface area contributed by atoms with Gasteiger partial charge in [-0.25, -0.2) is 0 Å². The Bertz CT molecular complexity index is 423. The van der Waals surface area contributed by atoms with Gasteiger partial charge in [-0.05, 0) is 44.3 Å². The summed E-state index contributed by atoms with van der Waals surface area (Å²) in [5, 5.41) is 0. The van der Waals surface area contributed by atoms with Crippen LogP contribution in [0.5, 0.6) is 0 Å². The van der Waals surface area contributed by atoms with Crippen LogP contribution in [0.25, 0.3) is 0 Å². The molecule has 0 saturated carbocycles. The molecule has 0 atom stereocenters. The van der Waals surface area contributed by atoms with Crippen molar-refractivity contribution in [2.75, 3.05) is 20.2 Å². The molecular weight excluding hydrogens is 238 g/mol. The fourth-order valence-corrected chi connectivity index (χ4v) is 2.74. The van der Waals surface area contributed by atoms with Gasteiger partial charge in [0.25, 0.3) is 0 Å². The van der Waals surface area contributed by atoms with Crippen molar-refractivity contribution < 1.29 is 9.53 Å². The molecule has 1 aromatic rings. The number of carbonyl (C=O) groups is 1. The Morgan fingerprint density at radius 2 is 2.11 bits per heavy atom. The third-order valence-corrected chi connectivity index (χ3v) is 3.88. The molecule has 0 aliphatic carbocycles. The van der Waals surface area contributed by atoms with E-state index >= 15 is 0 Å². The zero-order chi connectivity index (χ0) is 13.7. The molecular formula is C16H23NO2. The van der Waals surface area contributed by atoms with Crippen LogP contribution in [0.2, 0.25) is 0 Å². The molecule has 0 radical (unpaired) electrons. The monoisotopic (exact) mass is 261 g/mol. The summed E-state index contributed by atoms with van der Waals surface area (Å²) in [7, 11) is 1.47. The van der Waals surface area contributed by atoms with Crippen LogP contribution in [0.1, 0.15) is 30.4 Å². The number of benzene rings is 1. The number of piperidine rings is 1. The standard InChI is InChI=1S/C16H23NO2/c1-13-4-3-5-15(10-13)12-17-8-6-14(7-9-17)11-16(18)19-2/h3-5,10,14H,6-9,11-12H2,1-2H3. The average molecular weight is 261 g/mol. The first-order valence-corrected chi connectivity index (χ1v) is 7.02. The van der Waals surface area contributed by atoms with E-state index in [4.69, 9.17) is 4.74 Å². The average Bonchev–Trinajstić information content (AvgIpc) is 2.41. The lowest BCUT2D eigenvalue weighted by molar-refractivity contribution is -0.142. The molecule has 2 rings (SSSR count). The molecule has 0 aromatic heterocycles. The van der Waals surface area contributed by atoms with Crippen molar-refractivity contribution in [1.82, 2.24) is 4.90 Å². The highest BCUT2D eigenvalue weighted by molar-refractivity contribution is 5.69. The maximum absolute atomic E-state index is 11.3. The van der Waals surface area contributed by atoms with Gasteiger partial charge in [-0.15, -0.1) is 0 Å². The zero-order valence-corrected chi connectivity index (χ0v) is 11.9. The Labute approximate surface area is 115 Å². The molecule has 0 spiro atoms. The first-order chi connectivity index (χ1) is 9.17. The van der Waals surface area contributed by atoms with E-state index < -0.39 is 0 Å². The number of nitrogens with zero attached hydrogens (tertiary/aromatic N) is 1. The first-order valence-electron chi connectivity index (χ1n) is 7.02. The van der Waals surface area contributed by atoms with Gasteiger partial charge >= 0.3 is 5.97 Å². The Morgan fingerprint density at radius 3 is 2.74 bits per heavy atom. The molecule has 1 aliphatic rings. The van der Waals surface area contributed by atoms with Gasteiger partial charge in [0.1, 0.15) is 0 Å². The van der Waals surface area contributed by atoms with Gasteiger partial charge in [0.05, 0.1) is 7.11 Å². The predicted octanol–water partition coefficient (Wildman–Crippen LogP) is 2.77. The summed E-state index contributed by atoms with van der Waals surface area (Å²) in [5.74, 6) is 0.429. The van der Waals surface area contributed by atoms with Crippen LogP contribution < -0.4 is 0 Å². The third kappa shape index (κ3) is 4.35. The number of carbonyl (C=O) groups excluding carboxylic acids is 1. The van der Waals surface area contributed by atoms with E-state index in [1.54, 1.807) is 0 Å². The number of methoxy groups -OCH3 is 1. The summed E-state index contributed by atoms with van der Waals surface area (Å²) >= 11 is 0. The fraction of sp³-hybridized carbons (Fsp3) is 0.562. The number of rotatable bonds is 4. The molecule has 1 fully saturated rings. The SMILES string of the molecule is COC(=O)CC1CCN(Cc2cccc(C)c2)CC1. The van der Waals surface area contributed by atoms with Gasteiger partial charge in [-0.1, -0.05) is 29.8 Å². The maximum atomic E-state index is 11.3. The topological polar surface area (TPSA) is 29.5 Å². The lowest BCUT2D eigenvalue weighted by Gasteiger charge is -2.31. The van der Waals surface area contributed by atoms with E-state index in [2.05, 4.69) is 36.1 Å². The molecule has 3 heteroatoms. The van der Waals surface area contributed by atoms with Crippen molar-refractivity contribution in [3.8, 4) is 0 Å². The van der Waals surface area contributed by atoms with Gasteiger partial charge < -0.3 is 4.74 Å². The Kier molecular flexibility index (Phi) is 4.97. The number of likely N-dealkylation sites (tertiary alicyclic amines) is 1. The lowest BCUT2D eigenvalue weighted by Crippen LogP contribution is -2.34. The largest absolute Gasteiger partial charge is 0.469 e. The van der Waals surface area contributed by atoms with Crippen LogP contribution in [-0.2, 0) is 16.1 Å². The van der Waals surface area contributed by atoms with Crippen LogP contribution in [0.15, 0.2) is 24.3 Å². The van der Waals surface area contributed by atoms with Crippen molar-refractivity contribution >= 4 is 5.97 Å². The number of hydrogen-bond acceptors (Lipinski definition) is 3. The van der Waals surface area contributed by atoms with E-state index in [0.29, 0.717) is 12.3 Å². The second-order valence-electron chi connectivity index (χ2n) is 5.49. The molecule has 1 aliphatic heterocycles. The van der Waals surface area contributed by atoms with Gasteiger partial charge in [0.15, 0.2) is 0 Å². The number of hydrogen-bond donors (Lipinski definition) is 0.